The van der Waals surface area contributed by atoms with Crippen molar-refractivity contribution < 1.29 is 95.3 Å². The molecular formula is C83H146O20. The van der Waals surface area contributed by atoms with E-state index in [1.807, 2.05) is 104 Å². The van der Waals surface area contributed by atoms with Gasteiger partial charge in [-0.05, 0) is 158 Å². The van der Waals surface area contributed by atoms with Crippen LogP contribution in [0.2, 0.25) is 0 Å². The molecule has 10 bridgehead atoms. The summed E-state index contributed by atoms with van der Waals surface area (Å²) in [5.74, 6) is 1.46. The zero-order valence-corrected chi connectivity index (χ0v) is 58.4. The quantitative estimate of drug-likeness (QED) is 0.109. The third kappa shape index (κ3) is 15.9. The summed E-state index contributed by atoms with van der Waals surface area (Å²) in [7, 11) is 0. The van der Waals surface area contributed by atoms with Crippen molar-refractivity contribution in [2.24, 2.45) is 121 Å². The van der Waals surface area contributed by atoms with Gasteiger partial charge in [0, 0.05) is 58.7 Å². The Morgan fingerprint density at radius 3 is 1.25 bits per heavy atom. The van der Waals surface area contributed by atoms with E-state index in [0.29, 0.717) is 29.6 Å². The van der Waals surface area contributed by atoms with Crippen LogP contribution in [-0.4, -0.2) is 120 Å². The highest BCUT2D eigenvalue weighted by atomic mass is 16.6. The minimum atomic E-state index is -0.579. The number of hydrogen-bond acceptors (Lipinski definition) is 20. The van der Waals surface area contributed by atoms with Gasteiger partial charge in [0.05, 0.1) is 57.2 Å². The molecule has 5 saturated heterocycles. The minimum Gasteiger partial charge on any atom is -0.458 e. The normalized spacial score (nSPS) is 38.3. The van der Waals surface area contributed by atoms with Gasteiger partial charge < -0.3 is 47.4 Å². The number of ether oxygens (including phenoxy) is 10. The molecule has 26 unspecified atom stereocenters. The summed E-state index contributed by atoms with van der Waals surface area (Å²) in [5.41, 5.74) is -2.52. The Morgan fingerprint density at radius 2 is 0.796 bits per heavy atom. The molecule has 0 aromatic rings. The number of esters is 10. The fraction of sp³-hybridized carbons (Fsp3) is 0.880. The van der Waals surface area contributed by atoms with Crippen LogP contribution in [0.25, 0.3) is 0 Å². The fourth-order valence-corrected chi connectivity index (χ4v) is 19.1. The average molecular weight is 1460 g/mol. The molecule has 10 saturated carbocycles. The monoisotopic (exact) mass is 1460 g/mol. The Kier molecular flexibility index (Phi) is 31.1. The van der Waals surface area contributed by atoms with Gasteiger partial charge in [-0.1, -0.05) is 137 Å². The molecule has 0 aromatic carbocycles. The van der Waals surface area contributed by atoms with E-state index >= 15 is 0 Å². The van der Waals surface area contributed by atoms with Gasteiger partial charge in [-0.15, -0.1) is 0 Å². The maximum atomic E-state index is 12.3. The second-order valence-electron chi connectivity index (χ2n) is 34.3. The Labute approximate surface area is 622 Å². The van der Waals surface area contributed by atoms with Gasteiger partial charge in [0.15, 0.2) is 0 Å². The summed E-state index contributed by atoms with van der Waals surface area (Å²) in [6.07, 6.45) is 9.85. The molecule has 0 spiro atoms. The largest absolute Gasteiger partial charge is 0.458 e. The molecule has 20 heteroatoms. The second-order valence-corrected chi connectivity index (χ2v) is 34.3. The van der Waals surface area contributed by atoms with E-state index in [2.05, 4.69) is 20.8 Å². The van der Waals surface area contributed by atoms with E-state index in [1.165, 1.54) is 0 Å². The summed E-state index contributed by atoms with van der Waals surface area (Å²) in [4.78, 5) is 119. The molecule has 10 aliphatic carbocycles. The first-order valence-corrected chi connectivity index (χ1v) is 35.4. The van der Waals surface area contributed by atoms with Crippen molar-refractivity contribution in [1.29, 1.82) is 0 Å². The van der Waals surface area contributed by atoms with Crippen LogP contribution in [0.15, 0.2) is 0 Å². The van der Waals surface area contributed by atoms with Crippen molar-refractivity contribution in [2.75, 3.05) is 0 Å². The molecule has 598 valence electrons. The lowest BCUT2D eigenvalue weighted by Gasteiger charge is -2.36. The first-order chi connectivity index (χ1) is 43.3. The standard InChI is InChI=1S/C16H24O4.2C15H22O4.C14H20O4.C13H18O4.10CH4/c1-6-15(2,3)14(18)20-11-9-7-8-10(16(9,4)5)12(11)19-13(8)17;1-5-14(2,3)13(17)19-11-10-8-6-15(11,4)7-9(8)12(16)18-10;1-5-14(2,3)13(17)18-11-8-6-9-10(7-8)15(11,4)19-12(9)16;1-4-14(2,3)13(16)18-10-7-5-8-9(6-7)12(15)17-11(8)10;1-3-6(2)12(14)16-10-7-4-8-9(5-7)13(15)17-11(8)10;;;;;;;;;;/h8-12H,6-7H2,1-5H3;2*8-11H,5-7H2,1-4H3;7-11H,4-6H2,1-3H3;6-11H,3-5H2,1-2H3;10*1H4. The summed E-state index contributed by atoms with van der Waals surface area (Å²) in [6, 6.07) is 0. The fourth-order valence-electron chi connectivity index (χ4n) is 19.1. The van der Waals surface area contributed by atoms with Crippen molar-refractivity contribution in [1.82, 2.24) is 0 Å². The van der Waals surface area contributed by atoms with Gasteiger partial charge in [0.2, 0.25) is 0 Å². The summed E-state index contributed by atoms with van der Waals surface area (Å²) >= 11 is 0. The molecule has 0 radical (unpaired) electrons. The zero-order chi connectivity index (χ0) is 68.1. The van der Waals surface area contributed by atoms with Crippen molar-refractivity contribution in [3.63, 3.8) is 0 Å². The topological polar surface area (TPSA) is 263 Å². The highest BCUT2D eigenvalue weighted by Crippen LogP contribution is 2.67. The zero-order valence-electron chi connectivity index (χ0n) is 58.4. The second kappa shape index (κ2) is 33.5. The van der Waals surface area contributed by atoms with Crippen LogP contribution >= 0.6 is 0 Å². The van der Waals surface area contributed by atoms with Crippen LogP contribution in [-0.2, 0) is 95.3 Å². The van der Waals surface area contributed by atoms with E-state index < -0.39 is 27.3 Å². The molecule has 103 heavy (non-hydrogen) atoms. The summed E-state index contributed by atoms with van der Waals surface area (Å²) < 4.78 is 55.8. The van der Waals surface area contributed by atoms with E-state index in [4.69, 9.17) is 47.4 Å². The summed E-state index contributed by atoms with van der Waals surface area (Å²) in [5, 5.41) is 0. The van der Waals surface area contributed by atoms with Crippen LogP contribution < -0.4 is 0 Å². The van der Waals surface area contributed by atoms with Crippen molar-refractivity contribution in [3.8, 4) is 0 Å². The van der Waals surface area contributed by atoms with Crippen LogP contribution in [0.5, 0.6) is 0 Å². The van der Waals surface area contributed by atoms with Gasteiger partial charge in [-0.3, -0.25) is 47.9 Å². The molecule has 5 heterocycles. The predicted molar refractivity (Wildman–Crippen MR) is 399 cm³/mol. The van der Waals surface area contributed by atoms with Gasteiger partial charge in [0.1, 0.15) is 60.5 Å². The lowest BCUT2D eigenvalue weighted by Crippen LogP contribution is -2.47. The molecule has 20 nitrogen and oxygen atoms in total. The van der Waals surface area contributed by atoms with Gasteiger partial charge in [0.25, 0.3) is 0 Å². The highest BCUT2D eigenvalue weighted by molar-refractivity contribution is 5.82. The number of rotatable bonds is 15. The number of carbonyl (C=O) groups excluding carboxylic acids is 10. The SMILES string of the molecule is C.C.C.C.C.C.C.C.C.C.CCC(C)(C)C(=O)OC1C2CC3C(=O)OC1(C)C3C2.CCC(C)(C)C(=O)OC1C2CC3C(=O)OC1C3C2.CCC(C)(C)C(=O)OC1C2OC(=O)C3CC1(C)CC32.CCC(C)(C)C(=O)OC1C2OC(=O)C3CC1C(C)(C)C32.CCC(C)C(=O)OC1C2CC3C(=O)OC1C3C2. The molecule has 0 N–H and O–H groups in total. The lowest BCUT2D eigenvalue weighted by atomic mass is 9.79. The van der Waals surface area contributed by atoms with Crippen LogP contribution in [0.1, 0.15) is 289 Å². The van der Waals surface area contributed by atoms with Crippen LogP contribution in [0.4, 0.5) is 0 Å². The predicted octanol–water partition coefficient (Wildman–Crippen LogP) is 17.0. The minimum absolute atomic E-state index is 0. The van der Waals surface area contributed by atoms with E-state index in [1.54, 1.807) is 0 Å². The van der Waals surface area contributed by atoms with Gasteiger partial charge in [-0.25, -0.2) is 0 Å². The Morgan fingerprint density at radius 1 is 0.408 bits per heavy atom. The number of hydrogen-bond donors (Lipinski definition) is 0. The van der Waals surface area contributed by atoms with E-state index in [0.717, 1.165) is 89.9 Å². The first-order valence-electron chi connectivity index (χ1n) is 35.4. The van der Waals surface area contributed by atoms with Gasteiger partial charge in [-0.2, -0.15) is 0 Å². The average Bonchev–Trinajstić information content (AvgIpc) is 1.55. The van der Waals surface area contributed by atoms with Crippen molar-refractivity contribution >= 4 is 59.7 Å². The van der Waals surface area contributed by atoms with Crippen molar-refractivity contribution in [2.45, 2.75) is 349 Å². The smallest absolute Gasteiger partial charge is 0.311 e. The van der Waals surface area contributed by atoms with Crippen LogP contribution in [0, 0.1) is 121 Å². The number of fused-ring (bicyclic) bond motifs is 5. The third-order valence-corrected chi connectivity index (χ3v) is 27.0. The van der Waals surface area contributed by atoms with Crippen molar-refractivity contribution in [3.05, 3.63) is 0 Å². The molecule has 15 fully saturated rings. The Balaban J connectivity index is 0.000000629. The molecule has 15 rings (SSSR count). The summed E-state index contributed by atoms with van der Waals surface area (Å²) in [6.45, 7) is 35.4. The molecule has 5 aliphatic heterocycles. The first kappa shape index (κ1) is 95.7. The Hall–Kier alpha value is -5.30. The highest BCUT2D eigenvalue weighted by Gasteiger charge is 2.74. The molecule has 26 atom stereocenters. The lowest BCUT2D eigenvalue weighted by molar-refractivity contribution is -0.181. The number of carbonyl (C=O) groups is 10. The maximum Gasteiger partial charge on any atom is 0.311 e. The van der Waals surface area contributed by atoms with Crippen LogP contribution in [0.3, 0.4) is 0 Å². The third-order valence-electron chi connectivity index (χ3n) is 27.0. The Bertz CT molecular complexity index is 3010. The molecule has 0 amide bonds. The maximum absolute atomic E-state index is 12.3. The van der Waals surface area contributed by atoms with E-state index in [-0.39, 0.29) is 259 Å². The molecule has 0 aromatic heterocycles. The van der Waals surface area contributed by atoms with E-state index in [9.17, 15) is 47.9 Å². The molecular weight excluding hydrogens is 1320 g/mol. The van der Waals surface area contributed by atoms with Gasteiger partial charge >= 0.3 is 59.7 Å². The molecule has 15 aliphatic rings.